The number of phenols is 1. The lowest BCUT2D eigenvalue weighted by Gasteiger charge is -2.62. The molecule has 0 aromatic heterocycles. The van der Waals surface area contributed by atoms with Crippen molar-refractivity contribution in [3.63, 3.8) is 0 Å². The van der Waals surface area contributed by atoms with Gasteiger partial charge in [0.15, 0.2) is 6.61 Å². The van der Waals surface area contributed by atoms with Crippen LogP contribution in [0.2, 0.25) is 0 Å². The highest BCUT2D eigenvalue weighted by atomic mass is 16.6. The van der Waals surface area contributed by atoms with Gasteiger partial charge in [0, 0.05) is 25.2 Å². The fraction of sp³-hybridized carbons (Fsp3) is 0.823. The Morgan fingerprint density at radius 1 is 0.680 bits per heavy atom. The normalized spacial score (nSPS) is 29.6. The molecule has 8 atom stereocenters. The van der Waals surface area contributed by atoms with Gasteiger partial charge in [-0.2, -0.15) is 0 Å². The summed E-state index contributed by atoms with van der Waals surface area (Å²) in [4.78, 5) is 60.6. The Kier molecular flexibility index (Phi) is 25.2. The molecule has 13 nitrogen and oxygen atoms in total. The van der Waals surface area contributed by atoms with Gasteiger partial charge >= 0.3 is 29.8 Å². The van der Waals surface area contributed by atoms with Crippen LogP contribution in [0.15, 0.2) is 24.3 Å². The molecule has 7 saturated carbocycles. The van der Waals surface area contributed by atoms with Gasteiger partial charge in [0.1, 0.15) is 29.2 Å². The average molecular weight is 1060 g/mol. The summed E-state index contributed by atoms with van der Waals surface area (Å²) in [5, 5.41) is 30.3. The molecule has 0 spiro atoms. The summed E-state index contributed by atoms with van der Waals surface area (Å²) in [5.74, 6) is 0.902. The Balaban J connectivity index is 0.000000507. The number of esters is 5. The molecule has 0 radical (unpaired) electrons. The van der Waals surface area contributed by atoms with Gasteiger partial charge in [-0.25, -0.2) is 4.79 Å². The number of aromatic hydroxyl groups is 1. The van der Waals surface area contributed by atoms with Crippen LogP contribution in [0.4, 0.5) is 0 Å². The number of carbonyl (C=O) groups is 5. The molecule has 3 N–H and O–H groups in total. The number of hydrogen-bond acceptors (Lipinski definition) is 13. The van der Waals surface area contributed by atoms with Crippen LogP contribution in [-0.2, 0) is 47.7 Å². The number of aliphatic hydroxyl groups is 2. The Morgan fingerprint density at radius 2 is 1.19 bits per heavy atom. The molecule has 2 heterocycles. The number of ether oxygens (including phenoxy) is 5. The zero-order chi connectivity index (χ0) is 53.0. The van der Waals surface area contributed by atoms with Gasteiger partial charge in [-0.05, 0) is 179 Å². The van der Waals surface area contributed by atoms with Crippen molar-refractivity contribution in [3.05, 3.63) is 29.8 Å². The summed E-state index contributed by atoms with van der Waals surface area (Å²) in [5.41, 5.74) is -2.68. The van der Waals surface area contributed by atoms with Crippen LogP contribution in [0.25, 0.3) is 0 Å². The first kappa shape index (κ1) is 69.3. The molecule has 8 unspecified atom stereocenters. The first-order chi connectivity index (χ1) is 33.0. The molecule has 13 heteroatoms. The lowest BCUT2D eigenvalue weighted by Crippen LogP contribution is -2.67. The van der Waals surface area contributed by atoms with Gasteiger partial charge in [-0.1, -0.05) is 90.3 Å². The topological polar surface area (TPSA) is 192 Å². The molecular weight excluding hydrogens is 953 g/mol. The minimum Gasteiger partial charge on any atom is -0.508 e. The molecule has 2 saturated heterocycles. The molecule has 10 rings (SSSR count). The average Bonchev–Trinajstić information content (AvgIpc) is 3.72. The lowest BCUT2D eigenvalue weighted by molar-refractivity contribution is -0.264. The molecule has 434 valence electrons. The van der Waals surface area contributed by atoms with Crippen molar-refractivity contribution < 1.29 is 63.0 Å². The number of fused-ring (bicyclic) bond motifs is 1. The molecule has 9 aliphatic rings. The van der Waals surface area contributed by atoms with Crippen LogP contribution in [0.5, 0.6) is 5.75 Å². The second kappa shape index (κ2) is 27.2. The van der Waals surface area contributed by atoms with Gasteiger partial charge in [0.2, 0.25) is 0 Å². The third kappa shape index (κ3) is 17.1. The predicted molar refractivity (Wildman–Crippen MR) is 298 cm³/mol. The number of carbonyl (C=O) groups excluding carboxylic acids is 5. The summed E-state index contributed by atoms with van der Waals surface area (Å²) in [7, 11) is 0. The van der Waals surface area contributed by atoms with Crippen molar-refractivity contribution in [2.24, 2.45) is 45.8 Å². The first-order valence-corrected chi connectivity index (χ1v) is 27.2. The van der Waals surface area contributed by atoms with Crippen LogP contribution in [0, 0.1) is 45.8 Å². The van der Waals surface area contributed by atoms with Crippen molar-refractivity contribution in [3.8, 4) is 5.75 Å². The molecular formula is C62H108O13. The van der Waals surface area contributed by atoms with E-state index in [9.17, 15) is 34.2 Å². The summed E-state index contributed by atoms with van der Waals surface area (Å²) in [6.45, 7) is 25.5. The van der Waals surface area contributed by atoms with E-state index in [1.807, 2.05) is 60.6 Å². The second-order valence-electron chi connectivity index (χ2n) is 25.2. The quantitative estimate of drug-likeness (QED) is 0.118. The molecule has 1 aromatic rings. The summed E-state index contributed by atoms with van der Waals surface area (Å²) in [6, 6.07) is 7.43. The molecule has 2 aliphatic heterocycles. The first-order valence-electron chi connectivity index (χ1n) is 27.2. The molecule has 7 aliphatic carbocycles. The number of phenolic OH excluding ortho intramolecular Hbond substituents is 1. The van der Waals surface area contributed by atoms with Crippen LogP contribution < -0.4 is 0 Å². The van der Waals surface area contributed by atoms with Gasteiger partial charge in [-0.15, -0.1) is 0 Å². The Labute approximate surface area is 455 Å². The van der Waals surface area contributed by atoms with Crippen molar-refractivity contribution in [2.75, 3.05) is 6.61 Å². The van der Waals surface area contributed by atoms with E-state index in [2.05, 4.69) is 27.7 Å². The number of rotatable bonds is 14. The van der Waals surface area contributed by atoms with Crippen molar-refractivity contribution in [1.29, 1.82) is 0 Å². The smallest absolute Gasteiger partial charge is 0.344 e. The molecule has 75 heavy (non-hydrogen) atoms. The molecule has 0 amide bonds. The standard InChI is InChI=1S/C18H26O6.C16H26O4.C14H26O2.C10H14O.4CH4/c1-4-18(2,3)17(21)22-9-14(19)24-15-11-5-10-6-12(8-11)16(20)23-13(15)7-10;1-4-13(2,3)12(17)20-16-7-11-5-14(18,9-16)8-15(19,6-11)10-16;1-6-13(4,5)12(15)16-14(11(2)3)9-7-8-10-14;1-3-8(2)9-4-6-10(11)7-5-9;;;;/h10-13,15H,4-9H2,1-3H3;11,18-19H,4-10H2,1-3H3;11H,6-10H2,1-5H3;4-8,11H,3H2,1-2H3;4*1H4. The third-order valence-corrected chi connectivity index (χ3v) is 17.9. The maximum absolute atomic E-state index is 12.4. The van der Waals surface area contributed by atoms with Crippen molar-refractivity contribution in [2.45, 2.75) is 276 Å². The van der Waals surface area contributed by atoms with E-state index in [1.54, 1.807) is 26.0 Å². The highest BCUT2D eigenvalue weighted by Gasteiger charge is 2.65. The van der Waals surface area contributed by atoms with E-state index < -0.39 is 45.7 Å². The highest BCUT2D eigenvalue weighted by molar-refractivity contribution is 5.80. The van der Waals surface area contributed by atoms with Gasteiger partial charge in [-0.3, -0.25) is 19.2 Å². The number of benzene rings is 1. The van der Waals surface area contributed by atoms with Gasteiger partial charge in [0.05, 0.1) is 33.4 Å². The van der Waals surface area contributed by atoms with Crippen molar-refractivity contribution >= 4 is 29.8 Å². The van der Waals surface area contributed by atoms with E-state index in [4.69, 9.17) is 28.8 Å². The molecule has 9 fully saturated rings. The second-order valence-corrected chi connectivity index (χ2v) is 25.2. The van der Waals surface area contributed by atoms with E-state index in [1.165, 1.54) is 18.4 Å². The largest absolute Gasteiger partial charge is 0.508 e. The summed E-state index contributed by atoms with van der Waals surface area (Å²) >= 11 is 0. The Hall–Kier alpha value is -3.71. The van der Waals surface area contributed by atoms with Crippen molar-refractivity contribution in [1.82, 2.24) is 0 Å². The van der Waals surface area contributed by atoms with E-state index in [0.29, 0.717) is 49.2 Å². The fourth-order valence-electron chi connectivity index (χ4n) is 12.2. The molecule has 8 bridgehead atoms. The summed E-state index contributed by atoms with van der Waals surface area (Å²) < 4.78 is 27.9. The minimum atomic E-state index is -0.842. The number of hydrogen-bond donors (Lipinski definition) is 3. The zero-order valence-electron chi connectivity index (χ0n) is 45.8. The van der Waals surface area contributed by atoms with E-state index >= 15 is 0 Å². The Morgan fingerprint density at radius 3 is 1.67 bits per heavy atom. The van der Waals surface area contributed by atoms with Crippen LogP contribution in [-0.4, -0.2) is 86.4 Å². The Bertz CT molecular complexity index is 1980. The van der Waals surface area contributed by atoms with Gasteiger partial charge in [0.25, 0.3) is 0 Å². The van der Waals surface area contributed by atoms with Crippen LogP contribution in [0.3, 0.4) is 0 Å². The monoisotopic (exact) mass is 1060 g/mol. The zero-order valence-corrected chi connectivity index (χ0v) is 45.8. The lowest BCUT2D eigenvalue weighted by atomic mass is 9.50. The minimum absolute atomic E-state index is 0. The highest BCUT2D eigenvalue weighted by Crippen LogP contribution is 2.61. The third-order valence-electron chi connectivity index (χ3n) is 17.9. The van der Waals surface area contributed by atoms with E-state index in [-0.39, 0.29) is 89.1 Å². The van der Waals surface area contributed by atoms with Crippen LogP contribution in [0.1, 0.15) is 247 Å². The summed E-state index contributed by atoms with van der Waals surface area (Å²) in [6.07, 6.45) is 14.1. The molecule has 1 aromatic carbocycles. The SMILES string of the molecule is C.C.C.C.CCC(C)(C)C(=O)OC1(C(C)C)CCCC1.CCC(C)(C)C(=O)OC12CC3CC(O)(CC(O)(C3)C1)C2.CCC(C)(C)C(=O)OCC(=O)OC1C2CC3CC(C2)C(=O)OC1C3.CCC(C)c1ccc(O)cc1. The van der Waals surface area contributed by atoms with E-state index in [0.717, 1.165) is 77.0 Å². The van der Waals surface area contributed by atoms with Gasteiger partial charge < -0.3 is 39.0 Å². The van der Waals surface area contributed by atoms with Crippen LogP contribution >= 0.6 is 0 Å². The fourth-order valence-corrected chi connectivity index (χ4v) is 12.2. The maximum atomic E-state index is 12.4. The maximum Gasteiger partial charge on any atom is 0.344 e. The predicted octanol–water partition coefficient (Wildman–Crippen LogP) is 13.8.